The Balaban J connectivity index is 1.80. The van der Waals surface area contributed by atoms with Gasteiger partial charge in [-0.05, 0) is 44.1 Å². The molecule has 0 radical (unpaired) electrons. The second kappa shape index (κ2) is 7.37. The zero-order valence-electron chi connectivity index (χ0n) is 15.2. The van der Waals surface area contributed by atoms with E-state index in [-0.39, 0.29) is 11.7 Å². The Morgan fingerprint density at radius 1 is 1.12 bits per heavy atom. The van der Waals surface area contributed by atoms with Crippen LogP contribution in [0.15, 0.2) is 42.5 Å². The fraction of sp³-hybridized carbons (Fsp3) is 0.450. The Labute approximate surface area is 154 Å². The summed E-state index contributed by atoms with van der Waals surface area (Å²) in [5.74, 6) is -0.425. The van der Waals surface area contributed by atoms with E-state index < -0.39 is 20.5 Å². The quantitative estimate of drug-likeness (QED) is 0.869. The largest absolute Gasteiger partial charge is 0.381 e. The standard InChI is InChI=1S/C20H25NO4S/c1-20(2,26(23,24)14-15-10-12-25-13-11-15)19(22)21-18-9-5-7-16-6-3-4-8-17(16)18/h3-9,15H,10-14H2,1-2H3,(H,21,22). The second-order valence-corrected chi connectivity index (χ2v) is 9.91. The van der Waals surface area contributed by atoms with E-state index in [1.165, 1.54) is 13.8 Å². The summed E-state index contributed by atoms with van der Waals surface area (Å²) in [6.45, 7) is 4.15. The molecule has 2 aromatic rings. The zero-order chi connectivity index (χ0) is 18.8. The SMILES string of the molecule is CC(C)(C(=O)Nc1cccc2ccccc12)S(=O)(=O)CC1CCOCC1. The van der Waals surface area contributed by atoms with Crippen molar-refractivity contribution in [2.45, 2.75) is 31.4 Å². The molecule has 6 heteroatoms. The first kappa shape index (κ1) is 18.9. The number of amides is 1. The Morgan fingerprint density at radius 3 is 2.50 bits per heavy atom. The molecule has 26 heavy (non-hydrogen) atoms. The van der Waals surface area contributed by atoms with Crippen molar-refractivity contribution >= 4 is 32.2 Å². The lowest BCUT2D eigenvalue weighted by molar-refractivity contribution is -0.117. The normalized spacial score (nSPS) is 16.5. The molecule has 1 heterocycles. The van der Waals surface area contributed by atoms with Gasteiger partial charge in [0, 0.05) is 24.3 Å². The molecule has 0 aliphatic carbocycles. The van der Waals surface area contributed by atoms with Crippen LogP contribution in [0.25, 0.3) is 10.8 Å². The van der Waals surface area contributed by atoms with Crippen LogP contribution >= 0.6 is 0 Å². The molecule has 1 N–H and O–H groups in total. The summed E-state index contributed by atoms with van der Waals surface area (Å²) in [4.78, 5) is 12.9. The molecule has 2 aromatic carbocycles. The number of hydrogen-bond acceptors (Lipinski definition) is 4. The fourth-order valence-corrected chi connectivity index (χ4v) is 4.88. The monoisotopic (exact) mass is 375 g/mol. The van der Waals surface area contributed by atoms with Crippen LogP contribution in [-0.4, -0.2) is 38.0 Å². The average molecular weight is 375 g/mol. The third-order valence-electron chi connectivity index (χ3n) is 5.16. The minimum absolute atomic E-state index is 0.0202. The second-order valence-electron chi connectivity index (χ2n) is 7.33. The first-order valence-corrected chi connectivity index (χ1v) is 10.6. The first-order chi connectivity index (χ1) is 12.3. The highest BCUT2D eigenvalue weighted by atomic mass is 32.2. The lowest BCUT2D eigenvalue weighted by Crippen LogP contribution is -2.47. The molecule has 0 saturated carbocycles. The minimum atomic E-state index is -3.60. The summed E-state index contributed by atoms with van der Waals surface area (Å²) in [6, 6.07) is 13.3. The summed E-state index contributed by atoms with van der Waals surface area (Å²) in [5, 5.41) is 4.71. The first-order valence-electron chi connectivity index (χ1n) is 8.90. The van der Waals surface area contributed by atoms with Gasteiger partial charge in [-0.3, -0.25) is 4.79 Å². The number of sulfone groups is 1. The van der Waals surface area contributed by atoms with Crippen molar-refractivity contribution in [3.05, 3.63) is 42.5 Å². The number of anilines is 1. The Morgan fingerprint density at radius 2 is 1.77 bits per heavy atom. The number of fused-ring (bicyclic) bond motifs is 1. The van der Waals surface area contributed by atoms with E-state index in [2.05, 4.69) is 5.32 Å². The third-order valence-corrected chi connectivity index (χ3v) is 7.81. The van der Waals surface area contributed by atoms with Gasteiger partial charge in [0.1, 0.15) is 4.75 Å². The molecule has 1 amide bonds. The van der Waals surface area contributed by atoms with Crippen LogP contribution in [0.1, 0.15) is 26.7 Å². The zero-order valence-corrected chi connectivity index (χ0v) is 16.0. The van der Waals surface area contributed by atoms with Gasteiger partial charge in [-0.2, -0.15) is 0 Å². The predicted molar refractivity (Wildman–Crippen MR) is 104 cm³/mol. The van der Waals surface area contributed by atoms with Crippen molar-refractivity contribution in [2.75, 3.05) is 24.3 Å². The van der Waals surface area contributed by atoms with Crippen LogP contribution in [0.3, 0.4) is 0 Å². The molecule has 0 bridgehead atoms. The Hall–Kier alpha value is -1.92. The molecule has 0 atom stereocenters. The Bertz CT molecular complexity index is 894. The van der Waals surface area contributed by atoms with Gasteiger partial charge in [0.15, 0.2) is 9.84 Å². The summed E-state index contributed by atoms with van der Waals surface area (Å²) in [6.07, 6.45) is 1.44. The number of nitrogens with one attached hydrogen (secondary N) is 1. The summed E-state index contributed by atoms with van der Waals surface area (Å²) in [5.41, 5.74) is 0.627. The van der Waals surface area contributed by atoms with Gasteiger partial charge in [0.05, 0.1) is 5.75 Å². The molecule has 3 rings (SSSR count). The van der Waals surface area contributed by atoms with E-state index in [4.69, 9.17) is 4.74 Å². The van der Waals surface area contributed by atoms with Gasteiger partial charge >= 0.3 is 0 Å². The van der Waals surface area contributed by atoms with Crippen LogP contribution in [0.4, 0.5) is 5.69 Å². The minimum Gasteiger partial charge on any atom is -0.381 e. The van der Waals surface area contributed by atoms with Crippen molar-refractivity contribution in [2.24, 2.45) is 5.92 Å². The fourth-order valence-electron chi connectivity index (χ4n) is 3.18. The summed E-state index contributed by atoms with van der Waals surface area (Å²) >= 11 is 0. The van der Waals surface area contributed by atoms with E-state index in [0.717, 1.165) is 23.6 Å². The maximum absolute atomic E-state index is 12.9. The molecule has 1 fully saturated rings. The number of rotatable bonds is 5. The molecule has 0 spiro atoms. The van der Waals surface area contributed by atoms with Gasteiger partial charge in [-0.15, -0.1) is 0 Å². The van der Waals surface area contributed by atoms with Gasteiger partial charge in [-0.25, -0.2) is 8.42 Å². The molecule has 1 saturated heterocycles. The number of carbonyl (C=O) groups excluding carboxylic acids is 1. The molecule has 0 unspecified atom stereocenters. The van der Waals surface area contributed by atoms with Crippen LogP contribution in [0.5, 0.6) is 0 Å². The van der Waals surface area contributed by atoms with Crippen LogP contribution < -0.4 is 5.32 Å². The van der Waals surface area contributed by atoms with Gasteiger partial charge in [0.2, 0.25) is 5.91 Å². The van der Waals surface area contributed by atoms with Crippen molar-refractivity contribution in [1.82, 2.24) is 0 Å². The third kappa shape index (κ3) is 3.76. The van der Waals surface area contributed by atoms with E-state index in [1.807, 2.05) is 36.4 Å². The molecule has 1 aliphatic heterocycles. The Kier molecular flexibility index (Phi) is 5.34. The molecular weight excluding hydrogens is 350 g/mol. The maximum Gasteiger partial charge on any atom is 0.245 e. The lowest BCUT2D eigenvalue weighted by atomic mass is 10.0. The van der Waals surface area contributed by atoms with Crippen LogP contribution in [-0.2, 0) is 19.4 Å². The molecule has 5 nitrogen and oxygen atoms in total. The number of hydrogen-bond donors (Lipinski definition) is 1. The van der Waals surface area contributed by atoms with E-state index >= 15 is 0 Å². The lowest BCUT2D eigenvalue weighted by Gasteiger charge is -2.28. The average Bonchev–Trinajstić information content (AvgIpc) is 2.62. The van der Waals surface area contributed by atoms with Crippen molar-refractivity contribution < 1.29 is 17.9 Å². The van der Waals surface area contributed by atoms with Gasteiger partial charge < -0.3 is 10.1 Å². The molecule has 0 aromatic heterocycles. The summed E-state index contributed by atoms with van der Waals surface area (Å²) < 4.78 is 29.6. The number of ether oxygens (including phenoxy) is 1. The van der Waals surface area contributed by atoms with Gasteiger partial charge in [0.25, 0.3) is 0 Å². The van der Waals surface area contributed by atoms with E-state index in [1.54, 1.807) is 6.07 Å². The summed E-state index contributed by atoms with van der Waals surface area (Å²) in [7, 11) is -3.60. The van der Waals surface area contributed by atoms with E-state index in [0.29, 0.717) is 18.9 Å². The smallest absolute Gasteiger partial charge is 0.245 e. The van der Waals surface area contributed by atoms with Crippen molar-refractivity contribution in [3.8, 4) is 0 Å². The highest BCUT2D eigenvalue weighted by Crippen LogP contribution is 2.28. The maximum atomic E-state index is 12.9. The predicted octanol–water partition coefficient (Wildman–Crippen LogP) is 3.40. The topological polar surface area (TPSA) is 72.5 Å². The van der Waals surface area contributed by atoms with Crippen molar-refractivity contribution in [1.29, 1.82) is 0 Å². The highest BCUT2D eigenvalue weighted by Gasteiger charge is 2.43. The number of benzene rings is 2. The van der Waals surface area contributed by atoms with Crippen molar-refractivity contribution in [3.63, 3.8) is 0 Å². The molecule has 140 valence electrons. The molecular formula is C20H25NO4S. The van der Waals surface area contributed by atoms with Crippen LogP contribution in [0.2, 0.25) is 0 Å². The number of carbonyl (C=O) groups is 1. The molecule has 1 aliphatic rings. The van der Waals surface area contributed by atoms with E-state index in [9.17, 15) is 13.2 Å². The van der Waals surface area contributed by atoms with Gasteiger partial charge in [-0.1, -0.05) is 36.4 Å². The van der Waals surface area contributed by atoms with Crippen LogP contribution in [0, 0.1) is 5.92 Å². The highest BCUT2D eigenvalue weighted by molar-refractivity contribution is 7.93.